The van der Waals surface area contributed by atoms with E-state index in [2.05, 4.69) is 43.6 Å². The monoisotopic (exact) mass is 336 g/mol. The molecule has 0 nitrogen and oxygen atoms in total. The molecule has 2 unspecified atom stereocenters. The number of benzene rings is 1. The Morgan fingerprint density at radius 3 is 2.29 bits per heavy atom. The van der Waals surface area contributed by atoms with E-state index in [9.17, 15) is 0 Å². The van der Waals surface area contributed by atoms with Gasteiger partial charge in [-0.25, -0.2) is 0 Å². The Morgan fingerprint density at radius 1 is 1.24 bits per heavy atom. The average Bonchev–Trinajstić information content (AvgIpc) is 2.15. The lowest BCUT2D eigenvalue weighted by atomic mass is 9.79. The van der Waals surface area contributed by atoms with Gasteiger partial charge in [0.1, 0.15) is 0 Å². The summed E-state index contributed by atoms with van der Waals surface area (Å²) in [5, 5.41) is 1.42. The zero-order chi connectivity index (χ0) is 13.2. The zero-order valence-corrected chi connectivity index (χ0v) is 13.8. The first-order valence-corrected chi connectivity index (χ1v) is 7.48. The molecule has 0 heterocycles. The lowest BCUT2D eigenvalue weighted by molar-refractivity contribution is 0.246. The van der Waals surface area contributed by atoms with Crippen LogP contribution in [0.2, 0.25) is 10.0 Å². The maximum absolute atomic E-state index is 6.21. The molecule has 1 aromatic rings. The summed E-state index contributed by atoms with van der Waals surface area (Å²) in [5.74, 6) is 0.610. The summed E-state index contributed by atoms with van der Waals surface area (Å²) in [5.41, 5.74) is 1.43. The van der Waals surface area contributed by atoms with Gasteiger partial charge in [0.15, 0.2) is 0 Å². The van der Waals surface area contributed by atoms with E-state index in [0.29, 0.717) is 16.4 Å². The van der Waals surface area contributed by atoms with Gasteiger partial charge < -0.3 is 0 Å². The first-order valence-electron chi connectivity index (χ1n) is 5.81. The molecule has 0 saturated heterocycles. The van der Waals surface area contributed by atoms with Gasteiger partial charge in [0.25, 0.3) is 0 Å². The minimum Gasteiger partial charge on any atom is -0.0843 e. The van der Waals surface area contributed by atoms with Crippen LogP contribution < -0.4 is 0 Å². The largest absolute Gasteiger partial charge is 0.0843 e. The first-order chi connectivity index (χ1) is 7.71. The fourth-order valence-corrected chi connectivity index (χ4v) is 3.18. The summed E-state index contributed by atoms with van der Waals surface area (Å²) in [6.45, 7) is 9.07. The Hall–Kier alpha value is 0.280. The Bertz CT molecular complexity index is 382. The third kappa shape index (κ3) is 4.46. The number of alkyl halides is 1. The van der Waals surface area contributed by atoms with Crippen molar-refractivity contribution < 1.29 is 0 Å². The predicted octanol–water partition coefficient (Wildman–Crippen LogP) is 6.50. The molecule has 0 spiro atoms. The van der Waals surface area contributed by atoms with Crippen molar-refractivity contribution in [1.82, 2.24) is 0 Å². The Kier molecular flexibility index (Phi) is 5.37. The fraction of sp³-hybridized carbons (Fsp3) is 0.571. The molecular formula is C14H19BrCl2. The average molecular weight is 338 g/mol. The maximum atomic E-state index is 6.21. The van der Waals surface area contributed by atoms with Crippen molar-refractivity contribution in [1.29, 1.82) is 0 Å². The van der Waals surface area contributed by atoms with E-state index < -0.39 is 0 Å². The predicted molar refractivity (Wildman–Crippen MR) is 81.4 cm³/mol. The van der Waals surface area contributed by atoms with E-state index in [1.165, 1.54) is 0 Å². The number of rotatable bonds is 3. The summed E-state index contributed by atoms with van der Waals surface area (Å²) in [4.78, 5) is 0.279. The number of hydrogen-bond donors (Lipinski definition) is 0. The smallest absolute Gasteiger partial charge is 0.0464 e. The number of hydrogen-bond acceptors (Lipinski definition) is 0. The highest BCUT2D eigenvalue weighted by atomic mass is 79.9. The van der Waals surface area contributed by atoms with Crippen molar-refractivity contribution in [2.45, 2.75) is 38.9 Å². The van der Waals surface area contributed by atoms with Crippen molar-refractivity contribution in [2.24, 2.45) is 11.3 Å². The van der Waals surface area contributed by atoms with Crippen LogP contribution >= 0.6 is 39.1 Å². The SMILES string of the molecule is CC(CC(Br)c1ccc(Cl)cc1Cl)C(C)(C)C. The highest BCUT2D eigenvalue weighted by Gasteiger charge is 2.24. The van der Waals surface area contributed by atoms with Gasteiger partial charge in [-0.3, -0.25) is 0 Å². The van der Waals surface area contributed by atoms with E-state index >= 15 is 0 Å². The normalized spacial score (nSPS) is 15.7. The molecule has 0 saturated carbocycles. The molecule has 17 heavy (non-hydrogen) atoms. The van der Waals surface area contributed by atoms with Crippen LogP contribution in [-0.2, 0) is 0 Å². The molecule has 0 aliphatic heterocycles. The summed E-state index contributed by atoms with van der Waals surface area (Å²) in [6.07, 6.45) is 1.06. The minimum absolute atomic E-state index is 0.279. The third-order valence-electron chi connectivity index (χ3n) is 3.34. The lowest BCUT2D eigenvalue weighted by Crippen LogP contribution is -2.18. The highest BCUT2D eigenvalue weighted by Crippen LogP contribution is 2.40. The highest BCUT2D eigenvalue weighted by molar-refractivity contribution is 9.09. The van der Waals surface area contributed by atoms with Crippen molar-refractivity contribution in [3.63, 3.8) is 0 Å². The van der Waals surface area contributed by atoms with Crippen molar-refractivity contribution in [3.8, 4) is 0 Å². The first kappa shape index (κ1) is 15.3. The van der Waals surface area contributed by atoms with Gasteiger partial charge >= 0.3 is 0 Å². The second kappa shape index (κ2) is 5.95. The standard InChI is InChI=1S/C14H19BrCl2/c1-9(14(2,3)4)7-12(15)11-6-5-10(16)8-13(11)17/h5-6,8-9,12H,7H2,1-4H3. The van der Waals surface area contributed by atoms with Gasteiger partial charge in [0.2, 0.25) is 0 Å². The van der Waals surface area contributed by atoms with E-state index in [1.807, 2.05) is 12.1 Å². The fourth-order valence-electron chi connectivity index (χ4n) is 1.55. The van der Waals surface area contributed by atoms with Crippen molar-refractivity contribution in [3.05, 3.63) is 33.8 Å². The van der Waals surface area contributed by atoms with Crippen molar-refractivity contribution in [2.75, 3.05) is 0 Å². The lowest BCUT2D eigenvalue weighted by Gasteiger charge is -2.29. The molecular weight excluding hydrogens is 319 g/mol. The molecule has 0 aliphatic carbocycles. The summed E-state index contributed by atoms with van der Waals surface area (Å²) in [6, 6.07) is 5.69. The van der Waals surface area contributed by atoms with Crippen LogP contribution in [0.5, 0.6) is 0 Å². The third-order valence-corrected chi connectivity index (χ3v) is 4.77. The zero-order valence-electron chi connectivity index (χ0n) is 10.7. The Balaban J connectivity index is 2.80. The van der Waals surface area contributed by atoms with E-state index in [1.54, 1.807) is 6.07 Å². The molecule has 0 amide bonds. The molecule has 0 fully saturated rings. The van der Waals surface area contributed by atoms with Gasteiger partial charge in [0.05, 0.1) is 0 Å². The molecule has 0 aromatic heterocycles. The van der Waals surface area contributed by atoms with Crippen LogP contribution in [0.1, 0.15) is 44.5 Å². The van der Waals surface area contributed by atoms with Crippen LogP contribution in [-0.4, -0.2) is 0 Å². The van der Waals surface area contributed by atoms with E-state index in [4.69, 9.17) is 23.2 Å². The second-order valence-electron chi connectivity index (χ2n) is 5.64. The molecule has 0 N–H and O–H groups in total. The van der Waals surface area contributed by atoms with Gasteiger partial charge in [-0.2, -0.15) is 0 Å². The van der Waals surface area contributed by atoms with E-state index in [0.717, 1.165) is 17.0 Å². The molecule has 1 rings (SSSR count). The molecule has 1 aromatic carbocycles. The van der Waals surface area contributed by atoms with Gasteiger partial charge in [-0.15, -0.1) is 0 Å². The summed E-state index contributed by atoms with van der Waals surface area (Å²) < 4.78 is 0. The van der Waals surface area contributed by atoms with E-state index in [-0.39, 0.29) is 4.83 Å². The topological polar surface area (TPSA) is 0 Å². The Morgan fingerprint density at radius 2 is 1.82 bits per heavy atom. The minimum atomic E-state index is 0.279. The second-order valence-corrected chi connectivity index (χ2v) is 7.59. The van der Waals surface area contributed by atoms with Crippen LogP contribution in [0.3, 0.4) is 0 Å². The van der Waals surface area contributed by atoms with Gasteiger partial charge in [-0.1, -0.05) is 72.9 Å². The Labute approximate surface area is 123 Å². The van der Waals surface area contributed by atoms with Crippen LogP contribution in [0, 0.1) is 11.3 Å². The van der Waals surface area contributed by atoms with Gasteiger partial charge in [-0.05, 0) is 35.4 Å². The molecule has 0 radical (unpaired) electrons. The quantitative estimate of drug-likeness (QED) is 0.552. The summed E-state index contributed by atoms with van der Waals surface area (Å²) in [7, 11) is 0. The van der Waals surface area contributed by atoms with Crippen LogP contribution in [0.4, 0.5) is 0 Å². The van der Waals surface area contributed by atoms with Crippen LogP contribution in [0.15, 0.2) is 18.2 Å². The molecule has 2 atom stereocenters. The summed E-state index contributed by atoms with van der Waals surface area (Å²) >= 11 is 15.8. The molecule has 96 valence electrons. The number of halogens is 3. The molecule has 0 bridgehead atoms. The van der Waals surface area contributed by atoms with Crippen LogP contribution in [0.25, 0.3) is 0 Å². The molecule has 3 heteroatoms. The van der Waals surface area contributed by atoms with Gasteiger partial charge in [0, 0.05) is 14.9 Å². The molecule has 0 aliphatic rings. The maximum Gasteiger partial charge on any atom is 0.0464 e. The van der Waals surface area contributed by atoms with Crippen molar-refractivity contribution >= 4 is 39.1 Å².